The molecule has 0 aliphatic heterocycles. The van der Waals surface area contributed by atoms with E-state index in [4.69, 9.17) is 4.74 Å². The minimum absolute atomic E-state index is 0.0511. The second-order valence-electron chi connectivity index (χ2n) is 5.80. The van der Waals surface area contributed by atoms with Gasteiger partial charge in [0.15, 0.2) is 0 Å². The third-order valence-electron chi connectivity index (χ3n) is 3.41. The molecular formula is C18H28O2. The van der Waals surface area contributed by atoms with Gasteiger partial charge in [0.05, 0.1) is 6.61 Å². The van der Waals surface area contributed by atoms with Crippen LogP contribution in [0.2, 0.25) is 0 Å². The molecule has 0 heterocycles. The van der Waals surface area contributed by atoms with E-state index in [2.05, 4.69) is 26.0 Å². The zero-order valence-corrected chi connectivity index (χ0v) is 12.9. The maximum atomic E-state index is 11.6. The van der Waals surface area contributed by atoms with E-state index in [0.29, 0.717) is 13.0 Å². The summed E-state index contributed by atoms with van der Waals surface area (Å²) in [4.78, 5) is 11.6. The first-order valence-electron chi connectivity index (χ1n) is 7.88. The third kappa shape index (κ3) is 8.73. The van der Waals surface area contributed by atoms with E-state index in [1.165, 1.54) is 24.8 Å². The summed E-state index contributed by atoms with van der Waals surface area (Å²) in [6, 6.07) is 10.1. The Balaban J connectivity index is 1.95. The Morgan fingerprint density at radius 2 is 1.75 bits per heavy atom. The Kier molecular flexibility index (Phi) is 8.77. The fourth-order valence-corrected chi connectivity index (χ4v) is 2.18. The molecule has 0 saturated carbocycles. The first kappa shape index (κ1) is 16.7. The molecule has 0 aliphatic carbocycles. The molecule has 0 bridgehead atoms. The lowest BCUT2D eigenvalue weighted by Crippen LogP contribution is -2.07. The van der Waals surface area contributed by atoms with E-state index in [9.17, 15) is 4.79 Å². The summed E-state index contributed by atoms with van der Waals surface area (Å²) >= 11 is 0. The maximum Gasteiger partial charge on any atom is 0.305 e. The summed E-state index contributed by atoms with van der Waals surface area (Å²) in [6.45, 7) is 5.00. The Morgan fingerprint density at radius 1 is 1.05 bits per heavy atom. The Bertz CT molecular complexity index is 357. The molecule has 0 atom stereocenters. The van der Waals surface area contributed by atoms with Crippen LogP contribution in [0.4, 0.5) is 0 Å². The lowest BCUT2D eigenvalue weighted by Gasteiger charge is -2.06. The molecule has 0 fully saturated rings. The van der Waals surface area contributed by atoms with Crippen LogP contribution >= 0.6 is 0 Å². The van der Waals surface area contributed by atoms with E-state index < -0.39 is 0 Å². The summed E-state index contributed by atoms with van der Waals surface area (Å²) in [6.07, 6.45) is 7.28. The number of unbranched alkanes of at least 4 members (excludes halogenated alkanes) is 3. The zero-order chi connectivity index (χ0) is 14.6. The van der Waals surface area contributed by atoms with Gasteiger partial charge >= 0.3 is 5.97 Å². The molecule has 0 unspecified atom stereocenters. The minimum atomic E-state index is -0.0511. The highest BCUT2D eigenvalue weighted by Crippen LogP contribution is 2.10. The van der Waals surface area contributed by atoms with Gasteiger partial charge in [-0.15, -0.1) is 0 Å². The Labute approximate surface area is 123 Å². The lowest BCUT2D eigenvalue weighted by atomic mass is 10.0. The first-order valence-corrected chi connectivity index (χ1v) is 7.88. The van der Waals surface area contributed by atoms with Crippen LogP contribution in [-0.4, -0.2) is 12.6 Å². The Morgan fingerprint density at radius 3 is 2.45 bits per heavy atom. The van der Waals surface area contributed by atoms with Crippen molar-refractivity contribution in [2.75, 3.05) is 6.61 Å². The SMILES string of the molecule is CC(C)CCCCCCC(=O)OCCc1ccccc1. The molecule has 0 aromatic heterocycles. The highest BCUT2D eigenvalue weighted by molar-refractivity contribution is 5.69. The average molecular weight is 276 g/mol. The van der Waals surface area contributed by atoms with Crippen molar-refractivity contribution in [1.82, 2.24) is 0 Å². The monoisotopic (exact) mass is 276 g/mol. The van der Waals surface area contributed by atoms with Crippen molar-refractivity contribution in [1.29, 1.82) is 0 Å². The highest BCUT2D eigenvalue weighted by Gasteiger charge is 2.03. The standard InChI is InChI=1S/C18H28O2/c1-16(2)10-6-3-4-9-13-18(19)20-15-14-17-11-7-5-8-12-17/h5,7-8,11-12,16H,3-4,6,9-10,13-15H2,1-2H3. The lowest BCUT2D eigenvalue weighted by molar-refractivity contribution is -0.143. The number of ether oxygens (including phenoxy) is 1. The van der Waals surface area contributed by atoms with Crippen LogP contribution in [0.15, 0.2) is 30.3 Å². The molecule has 0 saturated heterocycles. The second kappa shape index (κ2) is 10.5. The van der Waals surface area contributed by atoms with Crippen LogP contribution in [0.5, 0.6) is 0 Å². The van der Waals surface area contributed by atoms with Crippen LogP contribution < -0.4 is 0 Å². The first-order chi connectivity index (χ1) is 9.68. The number of hydrogen-bond donors (Lipinski definition) is 0. The van der Waals surface area contributed by atoms with Gasteiger partial charge in [0.1, 0.15) is 0 Å². The van der Waals surface area contributed by atoms with Crippen LogP contribution in [0.25, 0.3) is 0 Å². The summed E-state index contributed by atoms with van der Waals surface area (Å²) in [5.74, 6) is 0.739. The van der Waals surface area contributed by atoms with Gasteiger partial charge in [-0.1, -0.05) is 69.9 Å². The van der Waals surface area contributed by atoms with Crippen molar-refractivity contribution < 1.29 is 9.53 Å². The van der Waals surface area contributed by atoms with E-state index in [1.807, 2.05) is 18.2 Å². The maximum absolute atomic E-state index is 11.6. The quantitative estimate of drug-likeness (QED) is 0.454. The molecular weight excluding hydrogens is 248 g/mol. The molecule has 0 spiro atoms. The summed E-state index contributed by atoms with van der Waals surface area (Å²) in [5.41, 5.74) is 1.22. The summed E-state index contributed by atoms with van der Waals surface area (Å²) in [7, 11) is 0. The molecule has 1 rings (SSSR count). The van der Waals surface area contributed by atoms with E-state index in [0.717, 1.165) is 25.2 Å². The summed E-state index contributed by atoms with van der Waals surface area (Å²) < 4.78 is 5.25. The normalized spacial score (nSPS) is 10.8. The smallest absolute Gasteiger partial charge is 0.305 e. The third-order valence-corrected chi connectivity index (χ3v) is 3.41. The molecule has 0 N–H and O–H groups in total. The van der Waals surface area contributed by atoms with Crippen LogP contribution in [0, 0.1) is 5.92 Å². The predicted octanol–water partition coefficient (Wildman–Crippen LogP) is 4.77. The minimum Gasteiger partial charge on any atom is -0.465 e. The zero-order valence-electron chi connectivity index (χ0n) is 12.9. The number of rotatable bonds is 10. The van der Waals surface area contributed by atoms with Gasteiger partial charge in [-0.3, -0.25) is 4.79 Å². The van der Waals surface area contributed by atoms with E-state index in [-0.39, 0.29) is 5.97 Å². The van der Waals surface area contributed by atoms with Crippen LogP contribution in [0.1, 0.15) is 57.9 Å². The fourth-order valence-electron chi connectivity index (χ4n) is 2.18. The van der Waals surface area contributed by atoms with Gasteiger partial charge in [-0.25, -0.2) is 0 Å². The molecule has 1 aromatic rings. The number of hydrogen-bond acceptors (Lipinski definition) is 2. The van der Waals surface area contributed by atoms with Crippen molar-refractivity contribution in [3.05, 3.63) is 35.9 Å². The number of carbonyl (C=O) groups is 1. The van der Waals surface area contributed by atoms with Crippen molar-refractivity contribution >= 4 is 5.97 Å². The Hall–Kier alpha value is -1.31. The van der Waals surface area contributed by atoms with Crippen LogP contribution in [-0.2, 0) is 16.0 Å². The van der Waals surface area contributed by atoms with Gasteiger partial charge < -0.3 is 4.74 Å². The molecule has 1 aromatic carbocycles. The molecule has 20 heavy (non-hydrogen) atoms. The average Bonchev–Trinajstić information content (AvgIpc) is 2.43. The number of carbonyl (C=O) groups excluding carboxylic acids is 1. The fraction of sp³-hybridized carbons (Fsp3) is 0.611. The van der Waals surface area contributed by atoms with Crippen LogP contribution in [0.3, 0.4) is 0 Å². The molecule has 112 valence electrons. The molecule has 0 amide bonds. The number of benzene rings is 1. The van der Waals surface area contributed by atoms with Crippen molar-refractivity contribution in [3.63, 3.8) is 0 Å². The largest absolute Gasteiger partial charge is 0.465 e. The van der Waals surface area contributed by atoms with Crippen molar-refractivity contribution in [3.8, 4) is 0 Å². The van der Waals surface area contributed by atoms with Gasteiger partial charge in [0, 0.05) is 12.8 Å². The van der Waals surface area contributed by atoms with Gasteiger partial charge in [0.2, 0.25) is 0 Å². The van der Waals surface area contributed by atoms with E-state index in [1.54, 1.807) is 0 Å². The van der Waals surface area contributed by atoms with Crippen molar-refractivity contribution in [2.24, 2.45) is 5.92 Å². The van der Waals surface area contributed by atoms with Gasteiger partial charge in [0.25, 0.3) is 0 Å². The molecule has 2 nitrogen and oxygen atoms in total. The van der Waals surface area contributed by atoms with Gasteiger partial charge in [-0.05, 0) is 17.9 Å². The number of esters is 1. The highest BCUT2D eigenvalue weighted by atomic mass is 16.5. The molecule has 0 aliphatic rings. The second-order valence-corrected chi connectivity index (χ2v) is 5.80. The van der Waals surface area contributed by atoms with Crippen molar-refractivity contribution in [2.45, 2.75) is 58.8 Å². The summed E-state index contributed by atoms with van der Waals surface area (Å²) in [5, 5.41) is 0. The predicted molar refractivity (Wildman–Crippen MR) is 83.6 cm³/mol. The molecule has 2 heteroatoms. The molecule has 0 radical (unpaired) electrons. The van der Waals surface area contributed by atoms with E-state index >= 15 is 0 Å². The van der Waals surface area contributed by atoms with Gasteiger partial charge in [-0.2, -0.15) is 0 Å². The topological polar surface area (TPSA) is 26.3 Å².